The molecule has 0 bridgehead atoms. The van der Waals surface area contributed by atoms with E-state index in [1.54, 1.807) is 14.0 Å². The van der Waals surface area contributed by atoms with Crippen LogP contribution in [0, 0.1) is 0 Å². The molecule has 0 aliphatic rings. The Morgan fingerprint density at radius 1 is 1.37 bits per heavy atom. The summed E-state index contributed by atoms with van der Waals surface area (Å²) in [5.74, 6) is -0.115. The number of sulfonamides is 1. The first-order valence-electron chi connectivity index (χ1n) is 5.86. The molecule has 0 saturated heterocycles. The van der Waals surface area contributed by atoms with Gasteiger partial charge in [0.05, 0.1) is 6.61 Å². The molecule has 0 saturated carbocycles. The van der Waals surface area contributed by atoms with E-state index in [9.17, 15) is 13.2 Å². The third kappa shape index (κ3) is 3.68. The van der Waals surface area contributed by atoms with E-state index < -0.39 is 10.0 Å². The summed E-state index contributed by atoms with van der Waals surface area (Å²) >= 11 is 0. The summed E-state index contributed by atoms with van der Waals surface area (Å²) in [7, 11) is -2.31. The third-order valence-electron chi connectivity index (χ3n) is 2.62. The van der Waals surface area contributed by atoms with Crippen molar-refractivity contribution in [3.05, 3.63) is 23.8 Å². The summed E-state index contributed by atoms with van der Waals surface area (Å²) in [5, 5.41) is 5.13. The van der Waals surface area contributed by atoms with Crippen LogP contribution < -0.4 is 9.88 Å². The molecule has 0 fully saturated rings. The summed E-state index contributed by atoms with van der Waals surface area (Å²) in [6, 6.07) is 4.21. The molecule has 6 nitrogen and oxygen atoms in total. The smallest absolute Gasteiger partial charge is 0.253 e. The fraction of sp³-hybridized carbons (Fsp3) is 0.417. The van der Waals surface area contributed by atoms with Gasteiger partial charge in [0.2, 0.25) is 10.0 Å². The van der Waals surface area contributed by atoms with E-state index in [1.165, 1.54) is 23.1 Å². The van der Waals surface area contributed by atoms with Crippen molar-refractivity contribution in [3.8, 4) is 5.75 Å². The molecule has 1 amide bonds. The minimum atomic E-state index is -3.94. The van der Waals surface area contributed by atoms with Gasteiger partial charge in [-0.05, 0) is 32.0 Å². The second-order valence-electron chi connectivity index (χ2n) is 3.96. The molecule has 0 spiro atoms. The average Bonchev–Trinajstić information content (AvgIpc) is 2.36. The Morgan fingerprint density at radius 3 is 2.47 bits per heavy atom. The number of primary sulfonamides is 1. The van der Waals surface area contributed by atoms with Crippen LogP contribution in [0.4, 0.5) is 0 Å². The molecule has 0 aromatic heterocycles. The SMILES string of the molecule is CCOc1ccc(C(=O)N(C)CC)cc1S(N)(=O)=O. The Morgan fingerprint density at radius 2 is 2.00 bits per heavy atom. The Hall–Kier alpha value is -1.60. The standard InChI is InChI=1S/C12H18N2O4S/c1-4-14(3)12(15)9-6-7-10(18-5-2)11(8-9)19(13,16)17/h6-8H,4-5H2,1-3H3,(H2,13,16,17). The Labute approximate surface area is 113 Å². The van der Waals surface area contributed by atoms with Crippen LogP contribution in [0.1, 0.15) is 24.2 Å². The number of ether oxygens (including phenoxy) is 1. The first-order chi connectivity index (χ1) is 8.81. The Kier molecular flexibility index (Phi) is 4.90. The van der Waals surface area contributed by atoms with Gasteiger partial charge in [-0.3, -0.25) is 4.79 Å². The highest BCUT2D eigenvalue weighted by molar-refractivity contribution is 7.89. The van der Waals surface area contributed by atoms with Gasteiger partial charge >= 0.3 is 0 Å². The van der Waals surface area contributed by atoms with E-state index >= 15 is 0 Å². The number of rotatable bonds is 5. The Balaban J connectivity index is 3.30. The van der Waals surface area contributed by atoms with E-state index in [1.807, 2.05) is 6.92 Å². The maximum absolute atomic E-state index is 12.0. The predicted molar refractivity (Wildman–Crippen MR) is 71.6 cm³/mol. The van der Waals surface area contributed by atoms with Crippen molar-refractivity contribution in [2.24, 2.45) is 5.14 Å². The molecule has 0 heterocycles. The van der Waals surface area contributed by atoms with Crippen LogP contribution in [0.3, 0.4) is 0 Å². The van der Waals surface area contributed by atoms with E-state index in [-0.39, 0.29) is 22.1 Å². The molecule has 7 heteroatoms. The fourth-order valence-corrected chi connectivity index (χ4v) is 2.20. The molecule has 1 aromatic carbocycles. The zero-order valence-corrected chi connectivity index (χ0v) is 12.0. The number of benzene rings is 1. The van der Waals surface area contributed by atoms with Gasteiger partial charge < -0.3 is 9.64 Å². The van der Waals surface area contributed by atoms with Crippen LogP contribution in [-0.2, 0) is 10.0 Å². The number of amides is 1. The van der Waals surface area contributed by atoms with Crippen molar-refractivity contribution in [1.82, 2.24) is 4.90 Å². The number of nitrogens with two attached hydrogens (primary N) is 1. The lowest BCUT2D eigenvalue weighted by Gasteiger charge is -2.16. The van der Waals surface area contributed by atoms with Crippen LogP contribution in [0.5, 0.6) is 5.75 Å². The van der Waals surface area contributed by atoms with Crippen LogP contribution >= 0.6 is 0 Å². The van der Waals surface area contributed by atoms with E-state index in [0.717, 1.165) is 0 Å². The lowest BCUT2D eigenvalue weighted by atomic mass is 10.2. The molecule has 0 unspecified atom stereocenters. The largest absolute Gasteiger partial charge is 0.492 e. The van der Waals surface area contributed by atoms with Gasteiger partial charge in [-0.25, -0.2) is 13.6 Å². The highest BCUT2D eigenvalue weighted by Gasteiger charge is 2.19. The van der Waals surface area contributed by atoms with Crippen molar-refractivity contribution in [2.75, 3.05) is 20.2 Å². The van der Waals surface area contributed by atoms with Crippen LogP contribution in [0.15, 0.2) is 23.1 Å². The number of nitrogens with zero attached hydrogens (tertiary/aromatic N) is 1. The van der Waals surface area contributed by atoms with Crippen LogP contribution in [-0.4, -0.2) is 39.4 Å². The van der Waals surface area contributed by atoms with Gasteiger partial charge in [0.1, 0.15) is 10.6 Å². The lowest BCUT2D eigenvalue weighted by molar-refractivity contribution is 0.0802. The molecule has 1 aromatic rings. The quantitative estimate of drug-likeness (QED) is 0.868. The molecule has 1 rings (SSSR count). The second kappa shape index (κ2) is 6.03. The zero-order valence-electron chi connectivity index (χ0n) is 11.2. The minimum Gasteiger partial charge on any atom is -0.492 e. The number of carbonyl (C=O) groups excluding carboxylic acids is 1. The third-order valence-corrected chi connectivity index (χ3v) is 3.55. The normalized spacial score (nSPS) is 11.2. The first kappa shape index (κ1) is 15.5. The van der Waals surface area contributed by atoms with Gasteiger partial charge in [-0.15, -0.1) is 0 Å². The van der Waals surface area contributed by atoms with E-state index in [0.29, 0.717) is 13.2 Å². The molecule has 0 atom stereocenters. The number of carbonyl (C=O) groups is 1. The second-order valence-corrected chi connectivity index (χ2v) is 5.49. The fourth-order valence-electron chi connectivity index (χ4n) is 1.50. The van der Waals surface area contributed by atoms with Crippen molar-refractivity contribution in [1.29, 1.82) is 0 Å². The van der Waals surface area contributed by atoms with Gasteiger partial charge in [0.25, 0.3) is 5.91 Å². The minimum absolute atomic E-state index is 0.153. The number of hydrogen-bond acceptors (Lipinski definition) is 4. The predicted octanol–water partition coefficient (Wildman–Crippen LogP) is 0.825. The molecular formula is C12H18N2O4S. The highest BCUT2D eigenvalue weighted by Crippen LogP contribution is 2.24. The highest BCUT2D eigenvalue weighted by atomic mass is 32.2. The molecule has 19 heavy (non-hydrogen) atoms. The molecule has 0 aliphatic heterocycles. The first-order valence-corrected chi connectivity index (χ1v) is 7.41. The monoisotopic (exact) mass is 286 g/mol. The van der Waals surface area contributed by atoms with E-state index in [4.69, 9.17) is 9.88 Å². The molecule has 2 N–H and O–H groups in total. The van der Waals surface area contributed by atoms with Gasteiger partial charge in [0.15, 0.2) is 0 Å². The maximum Gasteiger partial charge on any atom is 0.253 e. The summed E-state index contributed by atoms with van der Waals surface area (Å²) in [4.78, 5) is 13.3. The van der Waals surface area contributed by atoms with Crippen molar-refractivity contribution < 1.29 is 17.9 Å². The zero-order chi connectivity index (χ0) is 14.6. The number of hydrogen-bond donors (Lipinski definition) is 1. The van der Waals surface area contributed by atoms with Crippen LogP contribution in [0.25, 0.3) is 0 Å². The lowest BCUT2D eigenvalue weighted by Crippen LogP contribution is -2.26. The summed E-state index contributed by atoms with van der Waals surface area (Å²) < 4.78 is 28.2. The topological polar surface area (TPSA) is 89.7 Å². The van der Waals surface area contributed by atoms with E-state index in [2.05, 4.69) is 0 Å². The summed E-state index contributed by atoms with van der Waals surface area (Å²) in [6.07, 6.45) is 0. The van der Waals surface area contributed by atoms with Gasteiger partial charge in [-0.2, -0.15) is 0 Å². The molecule has 0 radical (unpaired) electrons. The molecule has 0 aliphatic carbocycles. The Bertz CT molecular complexity index is 569. The summed E-state index contributed by atoms with van der Waals surface area (Å²) in [6.45, 7) is 4.39. The van der Waals surface area contributed by atoms with Crippen molar-refractivity contribution in [3.63, 3.8) is 0 Å². The molecular weight excluding hydrogens is 268 g/mol. The molecule has 106 valence electrons. The van der Waals surface area contributed by atoms with Crippen molar-refractivity contribution >= 4 is 15.9 Å². The summed E-state index contributed by atoms with van der Waals surface area (Å²) in [5.41, 5.74) is 0.261. The average molecular weight is 286 g/mol. The van der Waals surface area contributed by atoms with Crippen LogP contribution in [0.2, 0.25) is 0 Å². The van der Waals surface area contributed by atoms with Gasteiger partial charge in [-0.1, -0.05) is 0 Å². The van der Waals surface area contributed by atoms with Gasteiger partial charge in [0, 0.05) is 19.2 Å². The maximum atomic E-state index is 12.0. The van der Waals surface area contributed by atoms with Crippen molar-refractivity contribution in [2.45, 2.75) is 18.7 Å².